The Balaban J connectivity index is 0.000000774. The lowest BCUT2D eigenvalue weighted by Crippen LogP contribution is -2.62. The summed E-state index contributed by atoms with van der Waals surface area (Å²) in [6, 6.07) is 9.84. The van der Waals surface area contributed by atoms with E-state index in [1.54, 1.807) is 0 Å². The summed E-state index contributed by atoms with van der Waals surface area (Å²) < 4.78 is 16.0. The number of aliphatic hydroxyl groups is 1. The molecule has 0 aromatic heterocycles. The van der Waals surface area contributed by atoms with Gasteiger partial charge in [0.15, 0.2) is 0 Å². The number of aliphatic hydroxyl groups excluding tert-OH is 1. The molecule has 1 aromatic rings. The minimum absolute atomic E-state index is 0.0929. The molecule has 1 aliphatic heterocycles. The number of hydrogen-bond donors (Lipinski definition) is 1. The van der Waals surface area contributed by atoms with Gasteiger partial charge in [-0.1, -0.05) is 30.3 Å². The molecule has 1 aromatic carbocycles. The fraction of sp³-hybridized carbons (Fsp3) is 0.533. The predicted molar refractivity (Wildman–Crippen MR) is 72.1 cm³/mol. The van der Waals surface area contributed by atoms with Gasteiger partial charge >= 0.3 is 0 Å². The average molecular weight is 299 g/mol. The maximum Gasteiger partial charge on any atom is 0.254 e. The molecule has 116 valence electrons. The van der Waals surface area contributed by atoms with Crippen LogP contribution in [0.25, 0.3) is 0 Å². The van der Waals surface area contributed by atoms with Crippen LogP contribution >= 0.6 is 0 Å². The van der Waals surface area contributed by atoms with Crippen LogP contribution in [0.15, 0.2) is 30.3 Å². The van der Waals surface area contributed by atoms with Crippen molar-refractivity contribution in [1.29, 1.82) is 0 Å². The Morgan fingerprint density at radius 1 is 1.24 bits per heavy atom. The highest BCUT2D eigenvalue weighted by Gasteiger charge is 2.54. The molecule has 0 radical (unpaired) electrons. The van der Waals surface area contributed by atoms with Crippen molar-refractivity contribution in [3.8, 4) is 0 Å². The summed E-state index contributed by atoms with van der Waals surface area (Å²) in [7, 11) is 0. The Morgan fingerprint density at radius 2 is 1.86 bits per heavy atom. The van der Waals surface area contributed by atoms with Gasteiger partial charge in [0.25, 0.3) is 5.91 Å². The maximum absolute atomic E-state index is 12.2. The predicted octanol–water partition coefficient (Wildman–Crippen LogP) is 2.72. The first kappa shape index (κ1) is 15.9. The van der Waals surface area contributed by atoms with Gasteiger partial charge in [0.05, 0.1) is 18.1 Å². The molecule has 1 spiro atoms. The molecule has 1 N–H and O–H groups in total. The van der Waals surface area contributed by atoms with E-state index in [1.165, 1.54) is 5.06 Å². The lowest BCUT2D eigenvalue weighted by Gasteiger charge is -2.50. The first-order valence-electron chi connectivity index (χ1n) is 7.01. The third-order valence-corrected chi connectivity index (χ3v) is 4.27. The minimum Gasteiger partial charge on any atom is -0.393 e. The molecule has 2 aliphatic rings. The van der Waals surface area contributed by atoms with Crippen LogP contribution in [0.2, 0.25) is 0 Å². The van der Waals surface area contributed by atoms with Gasteiger partial charge in [-0.05, 0) is 31.2 Å². The van der Waals surface area contributed by atoms with E-state index in [9.17, 15) is 9.90 Å². The van der Waals surface area contributed by atoms with Crippen LogP contribution < -0.4 is 0 Å². The zero-order valence-corrected chi connectivity index (χ0v) is 11.7. The summed E-state index contributed by atoms with van der Waals surface area (Å²) in [6.45, 7) is 1.11. The normalized spacial score (nSPS) is 27.9. The van der Waals surface area contributed by atoms with Gasteiger partial charge in [-0.2, -0.15) is 0 Å². The van der Waals surface area contributed by atoms with Gasteiger partial charge in [0.1, 0.15) is 6.61 Å². The quantitative estimate of drug-likeness (QED) is 0.873. The van der Waals surface area contributed by atoms with Gasteiger partial charge < -0.3 is 5.11 Å². The molecule has 1 amide bonds. The molecule has 1 heterocycles. The standard InChI is InChI=1S/C15H19NO3.F2/c17-13-6-8-15(9-7-13)11-16(14(15)18)19-10-12-4-2-1-3-5-12;1-2/h1-5,13,17H,6-11H2;. The Kier molecular flexibility index (Phi) is 5.25. The molecular weight excluding hydrogens is 280 g/mol. The van der Waals surface area contributed by atoms with Crippen molar-refractivity contribution >= 4 is 5.91 Å². The number of carbonyl (C=O) groups excluding carboxylic acids is 1. The van der Waals surface area contributed by atoms with Crippen molar-refractivity contribution in [2.24, 2.45) is 5.41 Å². The number of carbonyl (C=O) groups is 1. The summed E-state index contributed by atoms with van der Waals surface area (Å²) in [5.41, 5.74) is 0.825. The molecule has 6 heteroatoms. The smallest absolute Gasteiger partial charge is 0.254 e. The maximum atomic E-state index is 12.2. The summed E-state index contributed by atoms with van der Waals surface area (Å²) >= 11 is 0. The molecule has 1 saturated heterocycles. The van der Waals surface area contributed by atoms with Crippen LogP contribution in [-0.2, 0) is 16.2 Å². The summed E-state index contributed by atoms with van der Waals surface area (Å²) in [4.78, 5) is 17.7. The lowest BCUT2D eigenvalue weighted by molar-refractivity contribution is -0.248. The van der Waals surface area contributed by atoms with Crippen LogP contribution in [-0.4, -0.2) is 28.7 Å². The molecule has 21 heavy (non-hydrogen) atoms. The van der Waals surface area contributed by atoms with E-state index in [1.807, 2.05) is 30.3 Å². The molecule has 0 bridgehead atoms. The zero-order valence-electron chi connectivity index (χ0n) is 11.7. The topological polar surface area (TPSA) is 49.8 Å². The van der Waals surface area contributed by atoms with Gasteiger partial charge in [-0.3, -0.25) is 9.63 Å². The Bertz CT molecular complexity index is 461. The number of benzene rings is 1. The van der Waals surface area contributed by atoms with Crippen LogP contribution in [0.5, 0.6) is 0 Å². The van der Waals surface area contributed by atoms with Crippen molar-refractivity contribution in [2.75, 3.05) is 6.54 Å². The second kappa shape index (κ2) is 6.95. The Morgan fingerprint density at radius 3 is 2.43 bits per heavy atom. The molecule has 3 rings (SSSR count). The van der Waals surface area contributed by atoms with Crippen molar-refractivity contribution in [2.45, 2.75) is 38.4 Å². The van der Waals surface area contributed by atoms with Gasteiger partial charge in [0, 0.05) is 9.15 Å². The lowest BCUT2D eigenvalue weighted by atomic mass is 9.68. The van der Waals surface area contributed by atoms with Crippen molar-refractivity contribution in [3.05, 3.63) is 35.9 Å². The molecule has 0 unspecified atom stereocenters. The average Bonchev–Trinajstić information content (AvgIpc) is 2.55. The van der Waals surface area contributed by atoms with Crippen molar-refractivity contribution in [1.82, 2.24) is 5.06 Å². The Hall–Kier alpha value is -1.53. The third kappa shape index (κ3) is 3.39. The highest BCUT2D eigenvalue weighted by atomic mass is 20.0. The van der Waals surface area contributed by atoms with Gasteiger partial charge in [-0.25, -0.2) is 5.06 Å². The first-order valence-corrected chi connectivity index (χ1v) is 7.01. The van der Waals surface area contributed by atoms with Crippen LogP contribution in [0, 0.1) is 5.41 Å². The SMILES string of the molecule is FF.O=C1N(OCc2ccccc2)CC12CCC(O)CC2. The highest BCUT2D eigenvalue weighted by molar-refractivity contribution is 5.87. The summed E-state index contributed by atoms with van der Waals surface area (Å²) in [6.07, 6.45) is 2.82. The number of β-lactam (4-membered cyclic amide) rings is 1. The van der Waals surface area contributed by atoms with E-state index in [0.717, 1.165) is 31.2 Å². The molecule has 2 fully saturated rings. The van der Waals surface area contributed by atoms with Gasteiger partial charge in [-0.15, -0.1) is 0 Å². The molecule has 0 atom stereocenters. The van der Waals surface area contributed by atoms with Crippen LogP contribution in [0.3, 0.4) is 0 Å². The van der Waals surface area contributed by atoms with Crippen molar-refractivity contribution in [3.63, 3.8) is 0 Å². The van der Waals surface area contributed by atoms with E-state index in [0.29, 0.717) is 13.2 Å². The number of halogens is 2. The minimum atomic E-state index is -0.240. The molecule has 1 saturated carbocycles. The van der Waals surface area contributed by atoms with E-state index in [-0.39, 0.29) is 17.4 Å². The van der Waals surface area contributed by atoms with E-state index < -0.39 is 0 Å². The van der Waals surface area contributed by atoms with Crippen molar-refractivity contribution < 1.29 is 23.9 Å². The summed E-state index contributed by atoms with van der Waals surface area (Å²) in [5, 5.41) is 11.0. The number of rotatable bonds is 3. The Labute approximate surface area is 122 Å². The molecular formula is C15H19F2NO3. The largest absolute Gasteiger partial charge is 0.393 e. The number of hydrogen-bond acceptors (Lipinski definition) is 3. The summed E-state index contributed by atoms with van der Waals surface area (Å²) in [5.74, 6) is 0.0929. The second-order valence-corrected chi connectivity index (χ2v) is 5.61. The highest BCUT2D eigenvalue weighted by Crippen LogP contribution is 2.45. The van der Waals surface area contributed by atoms with E-state index >= 15 is 0 Å². The van der Waals surface area contributed by atoms with Gasteiger partial charge in [0.2, 0.25) is 0 Å². The number of hydroxylamine groups is 2. The van der Waals surface area contributed by atoms with Crippen LogP contribution in [0.1, 0.15) is 31.2 Å². The fourth-order valence-corrected chi connectivity index (χ4v) is 2.95. The fourth-order valence-electron chi connectivity index (χ4n) is 2.95. The second-order valence-electron chi connectivity index (χ2n) is 5.61. The number of nitrogens with zero attached hydrogens (tertiary/aromatic N) is 1. The number of amides is 1. The first-order chi connectivity index (χ1) is 10.2. The monoisotopic (exact) mass is 299 g/mol. The van der Waals surface area contributed by atoms with E-state index in [4.69, 9.17) is 14.0 Å². The zero-order chi connectivity index (χ0) is 15.3. The third-order valence-electron chi connectivity index (χ3n) is 4.27. The molecule has 4 nitrogen and oxygen atoms in total. The molecule has 1 aliphatic carbocycles. The van der Waals surface area contributed by atoms with E-state index in [2.05, 4.69) is 0 Å². The van der Waals surface area contributed by atoms with Crippen LogP contribution in [0.4, 0.5) is 9.15 Å².